The van der Waals surface area contributed by atoms with Crippen molar-refractivity contribution in [1.82, 2.24) is 14.8 Å². The molecule has 0 N–H and O–H groups in total. The van der Waals surface area contributed by atoms with E-state index in [0.29, 0.717) is 57.1 Å². The molecule has 2 aromatic rings. The number of aromatic nitrogens is 1. The van der Waals surface area contributed by atoms with E-state index in [-0.39, 0.29) is 5.91 Å². The summed E-state index contributed by atoms with van der Waals surface area (Å²) in [6, 6.07) is 9.86. The van der Waals surface area contributed by atoms with Gasteiger partial charge in [-0.25, -0.2) is 4.98 Å². The third kappa shape index (κ3) is 6.62. The number of nitrogens with zero attached hydrogens (tertiary/aromatic N) is 3. The number of carbonyl (C=O) groups is 1. The second-order valence-electron chi connectivity index (χ2n) is 9.48. The van der Waals surface area contributed by atoms with E-state index in [1.165, 1.54) is 0 Å². The summed E-state index contributed by atoms with van der Waals surface area (Å²) in [5, 5.41) is 0.495. The highest BCUT2D eigenvalue weighted by molar-refractivity contribution is 6.29. The van der Waals surface area contributed by atoms with Crippen LogP contribution < -0.4 is 9.47 Å². The Labute approximate surface area is 206 Å². The molecule has 2 aliphatic heterocycles. The van der Waals surface area contributed by atoms with Gasteiger partial charge in [-0.05, 0) is 48.2 Å². The number of benzene rings is 1. The Kier molecular flexibility index (Phi) is 8.29. The summed E-state index contributed by atoms with van der Waals surface area (Å²) in [5.41, 5.74) is 3.01. The highest BCUT2D eigenvalue weighted by Crippen LogP contribution is 2.31. The van der Waals surface area contributed by atoms with Crippen LogP contribution in [0.3, 0.4) is 0 Å². The van der Waals surface area contributed by atoms with E-state index < -0.39 is 6.10 Å². The Morgan fingerprint density at radius 3 is 2.71 bits per heavy atom. The lowest BCUT2D eigenvalue weighted by atomic mass is 10.1. The van der Waals surface area contributed by atoms with Crippen molar-refractivity contribution < 1.29 is 19.0 Å². The molecule has 1 aromatic heterocycles. The molecule has 1 atom stereocenters. The predicted molar refractivity (Wildman–Crippen MR) is 131 cm³/mol. The summed E-state index contributed by atoms with van der Waals surface area (Å²) in [6.07, 6.45) is 0.370. The summed E-state index contributed by atoms with van der Waals surface area (Å²) in [4.78, 5) is 22.0. The van der Waals surface area contributed by atoms with E-state index in [1.54, 1.807) is 0 Å². The summed E-state index contributed by atoms with van der Waals surface area (Å²) >= 11 is 6.14. The maximum absolute atomic E-state index is 13.6. The highest BCUT2D eigenvalue weighted by atomic mass is 35.5. The second-order valence-corrected chi connectivity index (χ2v) is 9.87. The minimum atomic E-state index is -0.494. The molecule has 0 bridgehead atoms. The first kappa shape index (κ1) is 24.8. The zero-order valence-electron chi connectivity index (χ0n) is 20.3. The molecule has 0 saturated carbocycles. The number of carbonyl (C=O) groups excluding carboxylic acids is 1. The number of morpholine rings is 1. The monoisotopic (exact) mass is 487 g/mol. The minimum Gasteiger partial charge on any atom is -0.490 e. The van der Waals surface area contributed by atoms with Crippen molar-refractivity contribution in [2.75, 3.05) is 39.5 Å². The molecule has 1 saturated heterocycles. The number of aryl methyl sites for hydroxylation is 1. The van der Waals surface area contributed by atoms with Gasteiger partial charge in [-0.15, -0.1) is 0 Å². The van der Waals surface area contributed by atoms with Crippen LogP contribution in [0.4, 0.5) is 0 Å². The smallest absolute Gasteiger partial charge is 0.253 e. The van der Waals surface area contributed by atoms with Crippen molar-refractivity contribution in [2.45, 2.75) is 46.4 Å². The van der Waals surface area contributed by atoms with Gasteiger partial charge in [0.2, 0.25) is 0 Å². The van der Waals surface area contributed by atoms with Crippen LogP contribution in [0.1, 0.15) is 37.1 Å². The molecule has 1 amide bonds. The SMILES string of the molecule is Cc1cc(CN2CCOC(C(=O)N(Cc3ccc4c(c3)OCCCO4)CC(C)C)C2)cc(Cl)n1. The molecule has 7 nitrogen and oxygen atoms in total. The highest BCUT2D eigenvalue weighted by Gasteiger charge is 2.31. The standard InChI is InChI=1S/C26H34ClN3O4/c1-18(2)14-30(16-20-5-6-22-23(12-20)33-9-4-8-32-22)26(31)24-17-29(7-10-34-24)15-21-11-19(3)28-25(27)13-21/h5-6,11-13,18,24H,4,7-10,14-17H2,1-3H3. The van der Waals surface area contributed by atoms with Crippen molar-refractivity contribution in [3.63, 3.8) is 0 Å². The maximum Gasteiger partial charge on any atom is 0.253 e. The van der Waals surface area contributed by atoms with Gasteiger partial charge in [-0.1, -0.05) is 31.5 Å². The largest absolute Gasteiger partial charge is 0.490 e. The summed E-state index contributed by atoms with van der Waals surface area (Å²) in [6.45, 7) is 11.2. The molecule has 1 aromatic carbocycles. The molecule has 0 radical (unpaired) electrons. The van der Waals surface area contributed by atoms with Gasteiger partial charge >= 0.3 is 0 Å². The second kappa shape index (κ2) is 11.4. The minimum absolute atomic E-state index is 0.0226. The predicted octanol–water partition coefficient (Wildman–Crippen LogP) is 4.09. The fraction of sp³-hybridized carbons (Fsp3) is 0.538. The Morgan fingerprint density at radius 1 is 1.15 bits per heavy atom. The first-order chi connectivity index (χ1) is 16.4. The van der Waals surface area contributed by atoms with Crippen LogP contribution >= 0.6 is 11.6 Å². The summed E-state index contributed by atoms with van der Waals surface area (Å²) in [7, 11) is 0. The van der Waals surface area contributed by atoms with Crippen molar-refractivity contribution in [3.8, 4) is 11.5 Å². The Hall–Kier alpha value is -2.35. The number of halogens is 1. The Balaban J connectivity index is 1.44. The van der Waals surface area contributed by atoms with Crippen LogP contribution in [0, 0.1) is 12.8 Å². The first-order valence-electron chi connectivity index (χ1n) is 12.0. The lowest BCUT2D eigenvalue weighted by Gasteiger charge is -2.35. The van der Waals surface area contributed by atoms with E-state index >= 15 is 0 Å². The van der Waals surface area contributed by atoms with Crippen molar-refractivity contribution in [2.24, 2.45) is 5.92 Å². The zero-order valence-corrected chi connectivity index (χ0v) is 21.0. The normalized spacial score (nSPS) is 18.6. The van der Waals surface area contributed by atoms with E-state index in [2.05, 4.69) is 23.7 Å². The van der Waals surface area contributed by atoms with Crippen molar-refractivity contribution in [1.29, 1.82) is 0 Å². The average Bonchev–Trinajstić information content (AvgIpc) is 3.02. The zero-order chi connectivity index (χ0) is 24.1. The molecule has 0 spiro atoms. The number of rotatable bonds is 7. The number of amides is 1. The molecule has 0 aliphatic carbocycles. The molecule has 3 heterocycles. The van der Waals surface area contributed by atoms with Gasteiger partial charge in [-0.3, -0.25) is 9.69 Å². The molecular formula is C26H34ClN3O4. The third-order valence-corrected chi connectivity index (χ3v) is 6.09. The van der Waals surface area contributed by atoms with Crippen LogP contribution in [0.15, 0.2) is 30.3 Å². The molecule has 8 heteroatoms. The third-order valence-electron chi connectivity index (χ3n) is 5.90. The lowest BCUT2D eigenvalue weighted by molar-refractivity contribution is -0.151. The number of fused-ring (bicyclic) bond motifs is 1. The van der Waals surface area contributed by atoms with E-state index in [1.807, 2.05) is 42.2 Å². The van der Waals surface area contributed by atoms with Crippen LogP contribution in [-0.4, -0.2) is 66.2 Å². The molecule has 1 unspecified atom stereocenters. The fourth-order valence-electron chi connectivity index (χ4n) is 4.44. The van der Waals surface area contributed by atoms with Gasteiger partial charge in [-0.2, -0.15) is 0 Å². The van der Waals surface area contributed by atoms with Gasteiger partial charge in [0.05, 0.1) is 19.8 Å². The maximum atomic E-state index is 13.6. The van der Waals surface area contributed by atoms with Crippen LogP contribution in [0.5, 0.6) is 11.5 Å². The van der Waals surface area contributed by atoms with E-state index in [9.17, 15) is 4.79 Å². The van der Waals surface area contributed by atoms with Gasteiger partial charge < -0.3 is 19.1 Å². The van der Waals surface area contributed by atoms with Crippen LogP contribution in [-0.2, 0) is 22.6 Å². The van der Waals surface area contributed by atoms with Gasteiger partial charge in [0, 0.05) is 44.8 Å². The number of ether oxygens (including phenoxy) is 3. The summed E-state index contributed by atoms with van der Waals surface area (Å²) in [5.74, 6) is 1.87. The number of hydrogen-bond acceptors (Lipinski definition) is 6. The molecule has 1 fully saturated rings. The van der Waals surface area contributed by atoms with E-state index in [4.69, 9.17) is 25.8 Å². The van der Waals surface area contributed by atoms with Crippen molar-refractivity contribution >= 4 is 17.5 Å². The molecular weight excluding hydrogens is 454 g/mol. The van der Waals surface area contributed by atoms with Gasteiger partial charge in [0.15, 0.2) is 11.5 Å². The topological polar surface area (TPSA) is 64.1 Å². The summed E-state index contributed by atoms with van der Waals surface area (Å²) < 4.78 is 17.5. The Morgan fingerprint density at radius 2 is 1.94 bits per heavy atom. The van der Waals surface area contributed by atoms with E-state index in [0.717, 1.165) is 41.3 Å². The lowest BCUT2D eigenvalue weighted by Crippen LogP contribution is -2.51. The quantitative estimate of drug-likeness (QED) is 0.548. The first-order valence-corrected chi connectivity index (χ1v) is 12.4. The van der Waals surface area contributed by atoms with Crippen LogP contribution in [0.2, 0.25) is 5.15 Å². The molecule has 34 heavy (non-hydrogen) atoms. The van der Waals surface area contributed by atoms with Gasteiger partial charge in [0.1, 0.15) is 11.3 Å². The number of pyridine rings is 1. The van der Waals surface area contributed by atoms with Crippen molar-refractivity contribution in [3.05, 3.63) is 52.3 Å². The Bertz CT molecular complexity index is 980. The number of hydrogen-bond donors (Lipinski definition) is 0. The molecule has 4 rings (SSSR count). The van der Waals surface area contributed by atoms with Gasteiger partial charge in [0.25, 0.3) is 5.91 Å². The fourth-order valence-corrected chi connectivity index (χ4v) is 4.72. The molecule has 2 aliphatic rings. The molecule has 184 valence electrons. The van der Waals surface area contributed by atoms with Crippen LogP contribution in [0.25, 0.3) is 0 Å². The average molecular weight is 488 g/mol.